The fourth-order valence-electron chi connectivity index (χ4n) is 3.56. The monoisotopic (exact) mass is 428 g/mol. The molecule has 0 bridgehead atoms. The topological polar surface area (TPSA) is 110 Å². The molecule has 1 aliphatic heterocycles. The molecule has 1 unspecified atom stereocenters. The van der Waals surface area contributed by atoms with E-state index in [1.807, 2.05) is 6.07 Å². The minimum atomic E-state index is -3.06. The van der Waals surface area contributed by atoms with Gasteiger partial charge >= 0.3 is 0 Å². The van der Waals surface area contributed by atoms with E-state index in [0.29, 0.717) is 30.3 Å². The van der Waals surface area contributed by atoms with E-state index in [-0.39, 0.29) is 29.4 Å². The summed E-state index contributed by atoms with van der Waals surface area (Å²) in [6.45, 7) is 3.75. The van der Waals surface area contributed by atoms with Crippen molar-refractivity contribution in [2.24, 2.45) is 0 Å². The van der Waals surface area contributed by atoms with Gasteiger partial charge in [0.25, 0.3) is 5.91 Å². The van der Waals surface area contributed by atoms with Crippen LogP contribution in [0.25, 0.3) is 0 Å². The smallest absolute Gasteiger partial charge is 0.256 e. The van der Waals surface area contributed by atoms with Crippen molar-refractivity contribution in [2.75, 3.05) is 16.8 Å². The van der Waals surface area contributed by atoms with Gasteiger partial charge in [-0.3, -0.25) is 9.59 Å². The second-order valence-electron chi connectivity index (χ2n) is 7.80. The van der Waals surface area contributed by atoms with Gasteiger partial charge in [0.15, 0.2) is 9.84 Å². The molecule has 30 heavy (non-hydrogen) atoms. The molecule has 2 fully saturated rings. The number of amides is 2. The first kappa shape index (κ1) is 20.3. The number of aromatic nitrogens is 2. The lowest BCUT2D eigenvalue weighted by Gasteiger charge is -2.14. The lowest BCUT2D eigenvalue weighted by Crippen LogP contribution is -2.20. The molecule has 2 aromatic rings. The highest BCUT2D eigenvalue weighted by Gasteiger charge is 2.34. The fourth-order valence-corrected chi connectivity index (χ4v) is 5.25. The van der Waals surface area contributed by atoms with Crippen LogP contribution >= 0.6 is 0 Å². The summed E-state index contributed by atoms with van der Waals surface area (Å²) in [5, 5.41) is 10.2. The number of nitrogens with zero attached hydrogens (tertiary/aromatic N) is 2. The van der Waals surface area contributed by atoms with E-state index in [2.05, 4.69) is 22.3 Å². The van der Waals surface area contributed by atoms with E-state index in [0.717, 1.165) is 24.1 Å². The maximum Gasteiger partial charge on any atom is 0.256 e. The lowest BCUT2D eigenvalue weighted by molar-refractivity contribution is -0.116. The third kappa shape index (κ3) is 4.62. The number of sulfone groups is 1. The van der Waals surface area contributed by atoms with Gasteiger partial charge < -0.3 is 10.6 Å². The van der Waals surface area contributed by atoms with Gasteiger partial charge in [0, 0.05) is 24.1 Å². The number of anilines is 1. The molecule has 1 aromatic carbocycles. The Morgan fingerprint density at radius 3 is 2.53 bits per heavy atom. The largest absolute Gasteiger partial charge is 0.348 e. The summed E-state index contributed by atoms with van der Waals surface area (Å²) in [5.41, 5.74) is 2.23. The van der Waals surface area contributed by atoms with Crippen LogP contribution in [0.2, 0.25) is 0 Å². The van der Waals surface area contributed by atoms with Gasteiger partial charge in [0.1, 0.15) is 5.82 Å². The number of nitrogens with one attached hydrogen (secondary N) is 2. The van der Waals surface area contributed by atoms with Crippen molar-refractivity contribution in [1.29, 1.82) is 0 Å². The van der Waals surface area contributed by atoms with Crippen LogP contribution in [0.1, 0.15) is 52.8 Å². The summed E-state index contributed by atoms with van der Waals surface area (Å²) in [6.07, 6.45) is 3.84. The molecule has 0 spiro atoms. The molecule has 158 valence electrons. The van der Waals surface area contributed by atoms with Crippen LogP contribution in [0.5, 0.6) is 0 Å². The Kier molecular flexibility index (Phi) is 5.46. The molecule has 1 saturated carbocycles. The first-order chi connectivity index (χ1) is 14.3. The Morgan fingerprint density at radius 1 is 1.20 bits per heavy atom. The first-order valence-corrected chi connectivity index (χ1v) is 11.8. The molecule has 4 rings (SSSR count). The molecular weight excluding hydrogens is 404 g/mol. The van der Waals surface area contributed by atoms with Gasteiger partial charge in [-0.15, -0.1) is 0 Å². The van der Waals surface area contributed by atoms with E-state index in [1.165, 1.54) is 6.08 Å². The Balaban J connectivity index is 1.48. The predicted molar refractivity (Wildman–Crippen MR) is 113 cm³/mol. The van der Waals surface area contributed by atoms with Crippen molar-refractivity contribution < 1.29 is 18.0 Å². The molecule has 9 heteroatoms. The molecule has 2 heterocycles. The van der Waals surface area contributed by atoms with Crippen molar-refractivity contribution in [1.82, 2.24) is 15.1 Å². The average molecular weight is 429 g/mol. The Morgan fingerprint density at radius 2 is 1.93 bits per heavy atom. The number of rotatable bonds is 7. The van der Waals surface area contributed by atoms with Crippen LogP contribution in [0.15, 0.2) is 43.0 Å². The molecular formula is C21H24N4O4S. The van der Waals surface area contributed by atoms with Gasteiger partial charge in [-0.2, -0.15) is 5.10 Å². The van der Waals surface area contributed by atoms with Crippen molar-refractivity contribution in [3.8, 4) is 0 Å². The molecule has 8 nitrogen and oxygen atoms in total. The third-order valence-electron chi connectivity index (χ3n) is 5.41. The highest BCUT2D eigenvalue weighted by atomic mass is 32.2. The highest BCUT2D eigenvalue weighted by molar-refractivity contribution is 7.91. The lowest BCUT2D eigenvalue weighted by atomic mass is 10.1. The zero-order chi connectivity index (χ0) is 21.3. The summed E-state index contributed by atoms with van der Waals surface area (Å²) in [7, 11) is -3.06. The van der Waals surface area contributed by atoms with Gasteiger partial charge in [0.2, 0.25) is 5.91 Å². The van der Waals surface area contributed by atoms with Crippen LogP contribution < -0.4 is 10.6 Å². The Hall–Kier alpha value is -2.94. The van der Waals surface area contributed by atoms with Gasteiger partial charge in [-0.05, 0) is 43.0 Å². The number of hydrogen-bond acceptors (Lipinski definition) is 5. The second-order valence-corrected chi connectivity index (χ2v) is 10.0. The highest BCUT2D eigenvalue weighted by Crippen LogP contribution is 2.41. The van der Waals surface area contributed by atoms with Crippen LogP contribution in [-0.2, 0) is 21.2 Å². The van der Waals surface area contributed by atoms with Crippen molar-refractivity contribution in [3.63, 3.8) is 0 Å². The summed E-state index contributed by atoms with van der Waals surface area (Å²) in [5.74, 6) is 0.572. The van der Waals surface area contributed by atoms with Crippen LogP contribution in [0.4, 0.5) is 5.82 Å². The van der Waals surface area contributed by atoms with Gasteiger partial charge in [0.05, 0.1) is 23.2 Å². The Labute approximate surface area is 175 Å². The van der Waals surface area contributed by atoms with Crippen molar-refractivity contribution in [2.45, 2.75) is 37.8 Å². The van der Waals surface area contributed by atoms with Crippen LogP contribution in [0.3, 0.4) is 0 Å². The number of carbonyl (C=O) groups excluding carboxylic acids is 2. The first-order valence-electron chi connectivity index (χ1n) is 9.95. The predicted octanol–water partition coefficient (Wildman–Crippen LogP) is 2.17. The third-order valence-corrected chi connectivity index (χ3v) is 7.16. The van der Waals surface area contributed by atoms with Gasteiger partial charge in [-0.1, -0.05) is 18.7 Å². The van der Waals surface area contributed by atoms with E-state index < -0.39 is 9.84 Å². The standard InChI is InChI=1S/C21H24N4O4S/c1-2-20(26)22-12-14-3-5-16(6-4-14)21(27)23-19-11-18(15-7-8-15)24-25(19)17-9-10-30(28,29)13-17/h2-6,11,15,17H,1,7-10,12-13H2,(H,22,26)(H,23,27). The molecule has 1 aliphatic carbocycles. The van der Waals surface area contributed by atoms with E-state index in [1.54, 1.807) is 28.9 Å². The number of carbonyl (C=O) groups is 2. The summed E-state index contributed by atoms with van der Waals surface area (Å²) in [6, 6.07) is 8.53. The normalized spacial score (nSPS) is 19.9. The van der Waals surface area contributed by atoms with E-state index in [9.17, 15) is 18.0 Å². The van der Waals surface area contributed by atoms with Crippen molar-refractivity contribution in [3.05, 3.63) is 59.8 Å². The molecule has 2 N–H and O–H groups in total. The number of hydrogen-bond donors (Lipinski definition) is 2. The summed E-state index contributed by atoms with van der Waals surface area (Å²) in [4.78, 5) is 24.0. The summed E-state index contributed by atoms with van der Waals surface area (Å²) >= 11 is 0. The number of benzene rings is 1. The Bertz CT molecular complexity index is 1080. The van der Waals surface area contributed by atoms with E-state index >= 15 is 0 Å². The SMILES string of the molecule is C=CC(=O)NCc1ccc(C(=O)Nc2cc(C3CC3)nn2C2CCS(=O)(=O)C2)cc1. The second kappa shape index (κ2) is 8.06. The fraction of sp³-hybridized carbons (Fsp3) is 0.381. The maximum atomic E-state index is 12.8. The molecule has 1 aromatic heterocycles. The maximum absolute atomic E-state index is 12.8. The quantitative estimate of drug-likeness (QED) is 0.657. The molecule has 1 saturated heterocycles. The summed E-state index contributed by atoms with van der Waals surface area (Å²) < 4.78 is 25.5. The average Bonchev–Trinajstić information content (AvgIpc) is 3.40. The van der Waals surface area contributed by atoms with Crippen LogP contribution in [0, 0.1) is 0 Å². The molecule has 0 radical (unpaired) electrons. The van der Waals surface area contributed by atoms with Gasteiger partial charge in [-0.25, -0.2) is 13.1 Å². The minimum absolute atomic E-state index is 0.0484. The molecule has 2 aliphatic rings. The minimum Gasteiger partial charge on any atom is -0.348 e. The molecule has 2 amide bonds. The van der Waals surface area contributed by atoms with Crippen molar-refractivity contribution >= 4 is 27.5 Å². The molecule has 1 atom stereocenters. The zero-order valence-corrected chi connectivity index (χ0v) is 17.3. The van der Waals surface area contributed by atoms with Crippen LogP contribution in [-0.4, -0.2) is 41.5 Å². The zero-order valence-electron chi connectivity index (χ0n) is 16.5. The van der Waals surface area contributed by atoms with E-state index in [4.69, 9.17) is 0 Å².